The third kappa shape index (κ3) is 2.53. The zero-order valence-electron chi connectivity index (χ0n) is 5.18. The van der Waals surface area contributed by atoms with E-state index in [1.165, 1.54) is 0 Å². The third-order valence-corrected chi connectivity index (χ3v) is 0.833. The summed E-state index contributed by atoms with van der Waals surface area (Å²) in [4.78, 5) is 9.98. The SMILES string of the molecule is C/C=C(/C=O)COC. The second-order valence-electron chi connectivity index (χ2n) is 1.41. The molecule has 0 spiro atoms. The molecule has 0 bridgehead atoms. The first-order valence-corrected chi connectivity index (χ1v) is 2.44. The lowest BCUT2D eigenvalue weighted by molar-refractivity contribution is -0.105. The van der Waals surface area contributed by atoms with Gasteiger partial charge in [0.25, 0.3) is 0 Å². The Morgan fingerprint density at radius 1 is 1.75 bits per heavy atom. The average molecular weight is 114 g/mol. The quantitative estimate of drug-likeness (QED) is 0.400. The molecule has 0 aromatic carbocycles. The standard InChI is InChI=1S/C6H10O2/c1-3-6(4-7)5-8-2/h3-4H,5H2,1-2H3/b6-3-. The van der Waals surface area contributed by atoms with E-state index in [1.54, 1.807) is 13.2 Å². The van der Waals surface area contributed by atoms with Crippen molar-refractivity contribution in [3.8, 4) is 0 Å². The van der Waals surface area contributed by atoms with Crippen molar-refractivity contribution in [3.05, 3.63) is 11.6 Å². The van der Waals surface area contributed by atoms with Gasteiger partial charge in [-0.25, -0.2) is 0 Å². The lowest BCUT2D eigenvalue weighted by Crippen LogP contribution is -1.93. The summed E-state index contributed by atoms with van der Waals surface area (Å²) in [5, 5.41) is 0. The van der Waals surface area contributed by atoms with Crippen molar-refractivity contribution in [2.75, 3.05) is 13.7 Å². The first kappa shape index (κ1) is 7.37. The first-order valence-electron chi connectivity index (χ1n) is 2.44. The Bertz CT molecular complexity index is 94.7. The minimum Gasteiger partial charge on any atom is -0.380 e. The zero-order valence-corrected chi connectivity index (χ0v) is 5.18. The Labute approximate surface area is 49.1 Å². The van der Waals surface area contributed by atoms with Gasteiger partial charge in [0.2, 0.25) is 0 Å². The lowest BCUT2D eigenvalue weighted by atomic mass is 10.3. The van der Waals surface area contributed by atoms with Crippen LogP contribution in [-0.4, -0.2) is 20.0 Å². The number of hydrogen-bond donors (Lipinski definition) is 0. The molecule has 0 aromatic heterocycles. The van der Waals surface area contributed by atoms with Gasteiger partial charge in [-0.2, -0.15) is 0 Å². The summed E-state index contributed by atoms with van der Waals surface area (Å²) in [6.07, 6.45) is 2.53. The van der Waals surface area contributed by atoms with Crippen molar-refractivity contribution in [1.29, 1.82) is 0 Å². The minimum absolute atomic E-state index is 0.417. The van der Waals surface area contributed by atoms with Gasteiger partial charge in [0.05, 0.1) is 6.61 Å². The van der Waals surface area contributed by atoms with E-state index >= 15 is 0 Å². The largest absolute Gasteiger partial charge is 0.380 e. The van der Waals surface area contributed by atoms with E-state index in [0.717, 1.165) is 6.29 Å². The van der Waals surface area contributed by atoms with Crippen LogP contribution >= 0.6 is 0 Å². The molecule has 0 unspecified atom stereocenters. The summed E-state index contributed by atoms with van der Waals surface area (Å²) in [6.45, 7) is 2.22. The molecule has 0 aliphatic rings. The zero-order chi connectivity index (χ0) is 6.41. The molecule has 0 saturated carbocycles. The molecule has 0 radical (unpaired) electrons. The maximum Gasteiger partial charge on any atom is 0.148 e. The Morgan fingerprint density at radius 3 is 2.50 bits per heavy atom. The maximum absolute atomic E-state index is 9.98. The van der Waals surface area contributed by atoms with Crippen molar-refractivity contribution in [3.63, 3.8) is 0 Å². The summed E-state index contributed by atoms with van der Waals surface area (Å²) < 4.78 is 4.69. The molecule has 8 heavy (non-hydrogen) atoms. The monoisotopic (exact) mass is 114 g/mol. The second-order valence-corrected chi connectivity index (χ2v) is 1.41. The summed E-state index contributed by atoms with van der Waals surface area (Å²) in [5.74, 6) is 0. The molecule has 2 heteroatoms. The van der Waals surface area contributed by atoms with Crippen molar-refractivity contribution in [1.82, 2.24) is 0 Å². The Kier molecular flexibility index (Phi) is 4.17. The van der Waals surface area contributed by atoms with Gasteiger partial charge < -0.3 is 4.74 Å². The van der Waals surface area contributed by atoms with Crippen LogP contribution < -0.4 is 0 Å². The fraction of sp³-hybridized carbons (Fsp3) is 0.500. The number of carbonyl (C=O) groups excluding carboxylic acids is 1. The summed E-state index contributed by atoms with van der Waals surface area (Å²) in [6, 6.07) is 0. The molecule has 0 amide bonds. The predicted octanol–water partition coefficient (Wildman–Crippen LogP) is 0.778. The first-order chi connectivity index (χ1) is 3.85. The lowest BCUT2D eigenvalue weighted by Gasteiger charge is -1.92. The highest BCUT2D eigenvalue weighted by atomic mass is 16.5. The van der Waals surface area contributed by atoms with E-state index in [2.05, 4.69) is 4.74 Å². The van der Waals surface area contributed by atoms with E-state index < -0.39 is 0 Å². The molecule has 0 rings (SSSR count). The summed E-state index contributed by atoms with van der Waals surface area (Å²) >= 11 is 0. The highest BCUT2D eigenvalue weighted by Gasteiger charge is 1.87. The van der Waals surface area contributed by atoms with Gasteiger partial charge in [-0.1, -0.05) is 6.08 Å². The van der Waals surface area contributed by atoms with E-state index in [4.69, 9.17) is 0 Å². The molecule has 0 aromatic rings. The highest BCUT2D eigenvalue weighted by molar-refractivity contribution is 5.73. The van der Waals surface area contributed by atoms with Crippen molar-refractivity contribution >= 4 is 6.29 Å². The molecule has 0 saturated heterocycles. The smallest absolute Gasteiger partial charge is 0.148 e. The van der Waals surface area contributed by atoms with Crippen molar-refractivity contribution < 1.29 is 9.53 Å². The second kappa shape index (κ2) is 4.53. The number of aldehydes is 1. The number of hydrogen-bond acceptors (Lipinski definition) is 2. The van der Waals surface area contributed by atoms with E-state index in [-0.39, 0.29) is 0 Å². The predicted molar refractivity (Wildman–Crippen MR) is 31.7 cm³/mol. The van der Waals surface area contributed by atoms with Gasteiger partial charge in [0.1, 0.15) is 6.29 Å². The van der Waals surface area contributed by atoms with Gasteiger partial charge in [0, 0.05) is 12.7 Å². The van der Waals surface area contributed by atoms with Gasteiger partial charge in [-0.3, -0.25) is 4.79 Å². The normalized spacial score (nSPS) is 11.5. The number of carbonyl (C=O) groups is 1. The average Bonchev–Trinajstić information content (AvgIpc) is 1.83. The maximum atomic E-state index is 9.98. The van der Waals surface area contributed by atoms with E-state index in [9.17, 15) is 4.79 Å². The van der Waals surface area contributed by atoms with E-state index in [1.807, 2.05) is 6.92 Å². The molecule has 0 aliphatic heterocycles. The number of allylic oxidation sites excluding steroid dienone is 1. The van der Waals surface area contributed by atoms with Crippen LogP contribution in [0, 0.1) is 0 Å². The van der Waals surface area contributed by atoms with Crippen LogP contribution in [0.25, 0.3) is 0 Å². The summed E-state index contributed by atoms with van der Waals surface area (Å²) in [7, 11) is 1.56. The van der Waals surface area contributed by atoms with Crippen LogP contribution in [0.2, 0.25) is 0 Å². The Hall–Kier alpha value is -0.630. The van der Waals surface area contributed by atoms with Crippen LogP contribution in [0.4, 0.5) is 0 Å². The molecule has 0 aliphatic carbocycles. The molecular formula is C6H10O2. The molecule has 46 valence electrons. The fourth-order valence-electron chi connectivity index (χ4n) is 0.352. The van der Waals surface area contributed by atoms with Gasteiger partial charge in [-0.15, -0.1) is 0 Å². The van der Waals surface area contributed by atoms with Gasteiger partial charge >= 0.3 is 0 Å². The number of rotatable bonds is 3. The molecular weight excluding hydrogens is 104 g/mol. The summed E-state index contributed by atoms with van der Waals surface area (Å²) in [5.41, 5.74) is 0.688. The number of methoxy groups -OCH3 is 1. The van der Waals surface area contributed by atoms with Gasteiger partial charge in [0.15, 0.2) is 0 Å². The van der Waals surface area contributed by atoms with Crippen LogP contribution in [0.15, 0.2) is 11.6 Å². The van der Waals surface area contributed by atoms with E-state index in [0.29, 0.717) is 12.2 Å². The molecule has 0 N–H and O–H groups in total. The van der Waals surface area contributed by atoms with Gasteiger partial charge in [-0.05, 0) is 6.92 Å². The van der Waals surface area contributed by atoms with Crippen LogP contribution in [0.1, 0.15) is 6.92 Å². The fourth-order valence-corrected chi connectivity index (χ4v) is 0.352. The minimum atomic E-state index is 0.417. The highest BCUT2D eigenvalue weighted by Crippen LogP contribution is 1.86. The number of ether oxygens (including phenoxy) is 1. The van der Waals surface area contributed by atoms with Crippen molar-refractivity contribution in [2.45, 2.75) is 6.92 Å². The van der Waals surface area contributed by atoms with Crippen LogP contribution in [-0.2, 0) is 9.53 Å². The molecule has 0 fully saturated rings. The van der Waals surface area contributed by atoms with Crippen molar-refractivity contribution in [2.24, 2.45) is 0 Å². The van der Waals surface area contributed by atoms with Crippen LogP contribution in [0.3, 0.4) is 0 Å². The molecule has 0 heterocycles. The van der Waals surface area contributed by atoms with Crippen LogP contribution in [0.5, 0.6) is 0 Å². The Balaban J connectivity index is 3.54. The molecule has 0 atom stereocenters. The Morgan fingerprint density at radius 2 is 2.38 bits per heavy atom. The molecule has 2 nitrogen and oxygen atoms in total. The third-order valence-electron chi connectivity index (χ3n) is 0.833. The topological polar surface area (TPSA) is 26.3 Å².